The Balaban J connectivity index is 2.11. The van der Waals surface area contributed by atoms with Crippen molar-refractivity contribution in [2.75, 3.05) is 0 Å². The van der Waals surface area contributed by atoms with Gasteiger partial charge >= 0.3 is 23.9 Å². The van der Waals surface area contributed by atoms with Gasteiger partial charge in [0.05, 0.1) is 17.6 Å². The first-order chi connectivity index (χ1) is 14.5. The normalized spacial score (nSPS) is 38.5. The second-order valence-corrected chi connectivity index (χ2v) is 8.20. The highest BCUT2D eigenvalue weighted by Crippen LogP contribution is 2.41. The van der Waals surface area contributed by atoms with Crippen molar-refractivity contribution in [3.63, 3.8) is 0 Å². The lowest BCUT2D eigenvalue weighted by Gasteiger charge is -2.33. The molecule has 1 N–H and O–H groups in total. The molecule has 31 heavy (non-hydrogen) atoms. The van der Waals surface area contributed by atoms with Gasteiger partial charge in [-0.2, -0.15) is 0 Å². The largest absolute Gasteiger partial charge is 0.478 e. The monoisotopic (exact) mass is 434 g/mol. The number of carbonyl (C=O) groups is 4. The summed E-state index contributed by atoms with van der Waals surface area (Å²) in [5.74, 6) is -4.48. The molecule has 6 unspecified atom stereocenters. The van der Waals surface area contributed by atoms with Gasteiger partial charge in [-0.05, 0) is 39.7 Å². The molecule has 3 rings (SSSR count). The number of carboxylic acid groups (broad SMARTS) is 1. The number of carboxylic acids is 1. The van der Waals surface area contributed by atoms with Gasteiger partial charge in [0.15, 0.2) is 17.8 Å². The molecule has 3 aliphatic rings. The number of ether oxygens (including phenoxy) is 4. The van der Waals surface area contributed by atoms with E-state index >= 15 is 0 Å². The zero-order valence-corrected chi connectivity index (χ0v) is 17.9. The lowest BCUT2D eigenvalue weighted by Crippen LogP contribution is -2.47. The molecule has 0 saturated carbocycles. The fourth-order valence-electron chi connectivity index (χ4n) is 3.88. The van der Waals surface area contributed by atoms with Gasteiger partial charge in [-0.3, -0.25) is 4.79 Å². The number of allylic oxidation sites excluding steroid dienone is 2. The minimum atomic E-state index is -1.49. The van der Waals surface area contributed by atoms with E-state index in [9.17, 15) is 24.3 Å². The molecule has 2 saturated heterocycles. The molecule has 0 aromatic carbocycles. The highest BCUT2D eigenvalue weighted by Gasteiger charge is 2.59. The molecular weight excluding hydrogens is 408 g/mol. The van der Waals surface area contributed by atoms with Crippen LogP contribution in [0, 0.1) is 5.92 Å². The summed E-state index contributed by atoms with van der Waals surface area (Å²) in [6, 6.07) is 0. The number of fused-ring (bicyclic) bond motifs is 1. The number of hydrogen-bond acceptors (Lipinski definition) is 8. The molecule has 2 fully saturated rings. The highest BCUT2D eigenvalue weighted by atomic mass is 16.7. The standard InChI is InChI=1S/C22H26O9/c1-10-7-6-8-14(19(24)25)17(30-21(27)22(5)12(3)31-22)18(28-13(4)23)16-11(2)20(26)29-15(16)9-10/h8-9,12,15-18H,2,6-7H2,1,3-5H3,(H,24,25)/b10-9-,14-8+. The van der Waals surface area contributed by atoms with Gasteiger partial charge in [0.1, 0.15) is 6.10 Å². The van der Waals surface area contributed by atoms with E-state index in [0.29, 0.717) is 12.8 Å². The van der Waals surface area contributed by atoms with Gasteiger partial charge in [0.2, 0.25) is 0 Å². The minimum absolute atomic E-state index is 0.00825. The van der Waals surface area contributed by atoms with Gasteiger partial charge in [-0.25, -0.2) is 14.4 Å². The van der Waals surface area contributed by atoms with E-state index in [4.69, 9.17) is 18.9 Å². The van der Waals surface area contributed by atoms with Crippen molar-refractivity contribution in [2.45, 2.75) is 70.6 Å². The van der Waals surface area contributed by atoms with Crippen molar-refractivity contribution in [1.82, 2.24) is 0 Å². The third-order valence-corrected chi connectivity index (χ3v) is 5.90. The van der Waals surface area contributed by atoms with E-state index < -0.39 is 59.8 Å². The summed E-state index contributed by atoms with van der Waals surface area (Å²) in [7, 11) is 0. The number of hydrogen-bond donors (Lipinski definition) is 1. The number of esters is 3. The maximum atomic E-state index is 12.8. The molecule has 0 aromatic rings. The van der Waals surface area contributed by atoms with Crippen LogP contribution in [0.1, 0.15) is 40.5 Å². The van der Waals surface area contributed by atoms with Gasteiger partial charge < -0.3 is 24.1 Å². The summed E-state index contributed by atoms with van der Waals surface area (Å²) in [5.41, 5.74) is -0.608. The second kappa shape index (κ2) is 8.30. The zero-order chi connectivity index (χ0) is 23.1. The third-order valence-electron chi connectivity index (χ3n) is 5.90. The van der Waals surface area contributed by atoms with Crippen LogP contribution >= 0.6 is 0 Å². The number of aliphatic carboxylic acids is 1. The van der Waals surface area contributed by atoms with E-state index in [1.807, 2.05) is 6.92 Å². The Bertz CT molecular complexity index is 899. The van der Waals surface area contributed by atoms with Crippen molar-refractivity contribution < 1.29 is 43.2 Å². The van der Waals surface area contributed by atoms with Crippen LogP contribution in [-0.4, -0.2) is 59.0 Å². The first kappa shape index (κ1) is 22.7. The molecule has 6 atom stereocenters. The third kappa shape index (κ3) is 4.41. The number of epoxide rings is 1. The van der Waals surface area contributed by atoms with Crippen LogP contribution in [-0.2, 0) is 38.1 Å². The summed E-state index contributed by atoms with van der Waals surface area (Å²) in [6.45, 7) is 9.94. The molecule has 0 aromatic heterocycles. The van der Waals surface area contributed by atoms with E-state index in [0.717, 1.165) is 12.5 Å². The highest BCUT2D eigenvalue weighted by molar-refractivity contribution is 5.92. The lowest BCUT2D eigenvalue weighted by molar-refractivity contribution is -0.172. The van der Waals surface area contributed by atoms with E-state index in [1.54, 1.807) is 13.0 Å². The van der Waals surface area contributed by atoms with Crippen molar-refractivity contribution in [2.24, 2.45) is 5.92 Å². The quantitative estimate of drug-likeness (QED) is 0.232. The van der Waals surface area contributed by atoms with E-state index in [-0.39, 0.29) is 11.1 Å². The molecule has 2 heterocycles. The molecule has 0 spiro atoms. The molecule has 9 heteroatoms. The van der Waals surface area contributed by atoms with Crippen LogP contribution < -0.4 is 0 Å². The van der Waals surface area contributed by atoms with Gasteiger partial charge in [-0.1, -0.05) is 18.2 Å². The summed E-state index contributed by atoms with van der Waals surface area (Å²) < 4.78 is 21.8. The number of carbonyl (C=O) groups excluding carboxylic acids is 3. The second-order valence-electron chi connectivity index (χ2n) is 8.20. The average molecular weight is 434 g/mol. The maximum absolute atomic E-state index is 12.8. The predicted molar refractivity (Wildman–Crippen MR) is 106 cm³/mol. The Hall–Kier alpha value is -2.94. The van der Waals surface area contributed by atoms with Crippen LogP contribution in [0.15, 0.2) is 35.5 Å². The molecular formula is C22H26O9. The van der Waals surface area contributed by atoms with Gasteiger partial charge in [0.25, 0.3) is 0 Å². The minimum Gasteiger partial charge on any atom is -0.478 e. The average Bonchev–Trinajstić information content (AvgIpc) is 3.19. The Morgan fingerprint density at radius 3 is 2.48 bits per heavy atom. The predicted octanol–water partition coefficient (Wildman–Crippen LogP) is 1.86. The summed E-state index contributed by atoms with van der Waals surface area (Å²) in [6.07, 6.45) is -0.0845. The molecule has 2 aliphatic heterocycles. The van der Waals surface area contributed by atoms with Crippen LogP contribution in [0.25, 0.3) is 0 Å². The van der Waals surface area contributed by atoms with Crippen molar-refractivity contribution in [1.29, 1.82) is 0 Å². The van der Waals surface area contributed by atoms with Crippen molar-refractivity contribution in [3.05, 3.63) is 35.5 Å². The Kier molecular flexibility index (Phi) is 6.09. The summed E-state index contributed by atoms with van der Waals surface area (Å²) >= 11 is 0. The smallest absolute Gasteiger partial charge is 0.341 e. The van der Waals surface area contributed by atoms with Crippen LogP contribution in [0.3, 0.4) is 0 Å². The van der Waals surface area contributed by atoms with Crippen LogP contribution in [0.2, 0.25) is 0 Å². The van der Waals surface area contributed by atoms with Gasteiger partial charge in [-0.15, -0.1) is 0 Å². The SMILES string of the molecule is C=C1C(=O)OC2/C=C(/C)CC/C=C(/C(=O)O)C(OC(=O)C3(C)OC3C)C(OC(C)=O)C12. The Morgan fingerprint density at radius 2 is 1.94 bits per heavy atom. The molecule has 0 amide bonds. The topological polar surface area (TPSA) is 129 Å². The van der Waals surface area contributed by atoms with Crippen molar-refractivity contribution >= 4 is 23.9 Å². The van der Waals surface area contributed by atoms with Crippen LogP contribution in [0.4, 0.5) is 0 Å². The fourth-order valence-corrected chi connectivity index (χ4v) is 3.88. The zero-order valence-electron chi connectivity index (χ0n) is 17.9. The first-order valence-corrected chi connectivity index (χ1v) is 10.0. The van der Waals surface area contributed by atoms with E-state index in [2.05, 4.69) is 6.58 Å². The van der Waals surface area contributed by atoms with Crippen LogP contribution in [0.5, 0.6) is 0 Å². The summed E-state index contributed by atoms with van der Waals surface area (Å²) in [4.78, 5) is 49.2. The fraction of sp³-hybridized carbons (Fsp3) is 0.545. The lowest BCUT2D eigenvalue weighted by atomic mass is 9.83. The molecule has 1 aliphatic carbocycles. The van der Waals surface area contributed by atoms with Crippen molar-refractivity contribution in [3.8, 4) is 0 Å². The maximum Gasteiger partial charge on any atom is 0.341 e. The Labute approximate surface area is 179 Å². The van der Waals surface area contributed by atoms with Gasteiger partial charge in [0, 0.05) is 12.5 Å². The number of rotatable bonds is 4. The molecule has 0 radical (unpaired) electrons. The summed E-state index contributed by atoms with van der Waals surface area (Å²) in [5, 5.41) is 9.88. The first-order valence-electron chi connectivity index (χ1n) is 10.0. The molecule has 0 bridgehead atoms. The Morgan fingerprint density at radius 1 is 1.29 bits per heavy atom. The molecule has 9 nitrogen and oxygen atoms in total. The molecule has 168 valence electrons. The van der Waals surface area contributed by atoms with E-state index in [1.165, 1.54) is 13.0 Å².